The van der Waals surface area contributed by atoms with Gasteiger partial charge in [-0.25, -0.2) is 0 Å². The third kappa shape index (κ3) is 7.23. The SMILES string of the molecule is CC(C)CCN(CCc1ccc(Oc2ccncc2C(N)=O)cc1)Cc1ccccc1. The number of amides is 1. The third-order valence-corrected chi connectivity index (χ3v) is 5.19. The Morgan fingerprint density at radius 2 is 1.74 bits per heavy atom. The molecule has 0 saturated carbocycles. The molecule has 0 spiro atoms. The zero-order valence-corrected chi connectivity index (χ0v) is 18.3. The maximum Gasteiger partial charge on any atom is 0.254 e. The number of benzene rings is 2. The Labute approximate surface area is 184 Å². The van der Waals surface area contributed by atoms with Crippen LogP contribution in [0.25, 0.3) is 0 Å². The van der Waals surface area contributed by atoms with Crippen LogP contribution in [-0.2, 0) is 13.0 Å². The molecule has 162 valence electrons. The molecule has 31 heavy (non-hydrogen) atoms. The van der Waals surface area contributed by atoms with E-state index in [1.165, 1.54) is 23.7 Å². The highest BCUT2D eigenvalue weighted by atomic mass is 16.5. The molecule has 1 amide bonds. The second kappa shape index (κ2) is 11.3. The van der Waals surface area contributed by atoms with Gasteiger partial charge in [-0.05, 0) is 54.6 Å². The van der Waals surface area contributed by atoms with Crippen molar-refractivity contribution in [1.29, 1.82) is 0 Å². The molecule has 1 aromatic heterocycles. The summed E-state index contributed by atoms with van der Waals surface area (Å²) in [7, 11) is 0. The van der Waals surface area contributed by atoms with Crippen molar-refractivity contribution in [1.82, 2.24) is 9.88 Å². The van der Waals surface area contributed by atoms with Crippen molar-refractivity contribution in [2.45, 2.75) is 33.2 Å². The van der Waals surface area contributed by atoms with Crippen LogP contribution in [0.2, 0.25) is 0 Å². The van der Waals surface area contributed by atoms with Crippen molar-refractivity contribution in [3.05, 3.63) is 89.7 Å². The Balaban J connectivity index is 1.60. The van der Waals surface area contributed by atoms with Gasteiger partial charge in [-0.1, -0.05) is 56.3 Å². The molecule has 1 heterocycles. The predicted octanol–water partition coefficient (Wildman–Crippen LogP) is 5.06. The zero-order valence-electron chi connectivity index (χ0n) is 18.3. The lowest BCUT2D eigenvalue weighted by atomic mass is 10.1. The molecule has 0 atom stereocenters. The van der Waals surface area contributed by atoms with Crippen LogP contribution in [0, 0.1) is 5.92 Å². The predicted molar refractivity (Wildman–Crippen MR) is 124 cm³/mol. The van der Waals surface area contributed by atoms with E-state index in [9.17, 15) is 4.79 Å². The zero-order chi connectivity index (χ0) is 22.1. The first-order valence-electron chi connectivity index (χ1n) is 10.8. The van der Waals surface area contributed by atoms with Crippen molar-refractivity contribution in [3.8, 4) is 11.5 Å². The van der Waals surface area contributed by atoms with Gasteiger partial charge in [-0.2, -0.15) is 0 Å². The van der Waals surface area contributed by atoms with Crippen LogP contribution in [0.1, 0.15) is 41.8 Å². The van der Waals surface area contributed by atoms with E-state index in [2.05, 4.69) is 66.2 Å². The smallest absolute Gasteiger partial charge is 0.254 e. The van der Waals surface area contributed by atoms with Crippen molar-refractivity contribution < 1.29 is 9.53 Å². The fraction of sp³-hybridized carbons (Fsp3) is 0.308. The first kappa shape index (κ1) is 22.5. The molecule has 0 radical (unpaired) electrons. The van der Waals surface area contributed by atoms with E-state index in [0.717, 1.165) is 26.1 Å². The Bertz CT molecular complexity index is 956. The number of ether oxygens (including phenoxy) is 1. The molecule has 0 saturated heterocycles. The summed E-state index contributed by atoms with van der Waals surface area (Å²) in [4.78, 5) is 18.0. The van der Waals surface area contributed by atoms with Gasteiger partial charge >= 0.3 is 0 Å². The van der Waals surface area contributed by atoms with Crippen molar-refractivity contribution in [2.75, 3.05) is 13.1 Å². The molecule has 3 aromatic rings. The summed E-state index contributed by atoms with van der Waals surface area (Å²) in [6, 6.07) is 20.3. The summed E-state index contributed by atoms with van der Waals surface area (Å²) in [6.07, 6.45) is 5.15. The van der Waals surface area contributed by atoms with E-state index in [1.54, 1.807) is 12.3 Å². The van der Waals surface area contributed by atoms with Gasteiger partial charge in [0.15, 0.2) is 0 Å². The highest BCUT2D eigenvalue weighted by Gasteiger charge is 2.11. The van der Waals surface area contributed by atoms with Gasteiger partial charge in [0, 0.05) is 25.5 Å². The molecule has 0 aliphatic rings. The average Bonchev–Trinajstić information content (AvgIpc) is 2.77. The maximum absolute atomic E-state index is 11.5. The van der Waals surface area contributed by atoms with Crippen molar-refractivity contribution >= 4 is 5.91 Å². The molecule has 0 bridgehead atoms. The van der Waals surface area contributed by atoms with Gasteiger partial charge in [0.05, 0.1) is 0 Å². The van der Waals surface area contributed by atoms with Gasteiger partial charge in [-0.15, -0.1) is 0 Å². The number of hydrogen-bond donors (Lipinski definition) is 1. The van der Waals surface area contributed by atoms with Gasteiger partial charge in [0.2, 0.25) is 0 Å². The Morgan fingerprint density at radius 3 is 2.42 bits per heavy atom. The molecule has 5 heteroatoms. The number of rotatable bonds is 11. The number of nitrogens with two attached hydrogens (primary N) is 1. The number of nitrogens with zero attached hydrogens (tertiary/aromatic N) is 2. The summed E-state index contributed by atoms with van der Waals surface area (Å²) >= 11 is 0. The monoisotopic (exact) mass is 417 g/mol. The van der Waals surface area contributed by atoms with E-state index in [-0.39, 0.29) is 5.56 Å². The van der Waals surface area contributed by atoms with Crippen LogP contribution < -0.4 is 10.5 Å². The second-order valence-electron chi connectivity index (χ2n) is 8.18. The Hall–Kier alpha value is -3.18. The average molecular weight is 418 g/mol. The first-order chi connectivity index (χ1) is 15.0. The van der Waals surface area contributed by atoms with Gasteiger partial charge in [0.1, 0.15) is 17.1 Å². The number of hydrogen-bond acceptors (Lipinski definition) is 4. The fourth-order valence-electron chi connectivity index (χ4n) is 3.35. The van der Waals surface area contributed by atoms with Crippen LogP contribution in [0.5, 0.6) is 11.5 Å². The highest BCUT2D eigenvalue weighted by molar-refractivity contribution is 5.95. The number of primary amides is 1. The van der Waals surface area contributed by atoms with Crippen molar-refractivity contribution in [2.24, 2.45) is 11.7 Å². The summed E-state index contributed by atoms with van der Waals surface area (Å²) < 4.78 is 5.84. The van der Waals surface area contributed by atoms with E-state index in [0.29, 0.717) is 17.4 Å². The molecule has 0 aliphatic heterocycles. The van der Waals surface area contributed by atoms with Crippen LogP contribution in [0.4, 0.5) is 0 Å². The summed E-state index contributed by atoms with van der Waals surface area (Å²) in [5.41, 5.74) is 8.26. The quantitative estimate of drug-likeness (QED) is 0.473. The number of pyridine rings is 1. The lowest BCUT2D eigenvalue weighted by Gasteiger charge is -2.23. The summed E-state index contributed by atoms with van der Waals surface area (Å²) in [5.74, 6) is 1.21. The van der Waals surface area contributed by atoms with Crippen LogP contribution in [0.3, 0.4) is 0 Å². The lowest BCUT2D eigenvalue weighted by Crippen LogP contribution is -2.27. The van der Waals surface area contributed by atoms with Crippen molar-refractivity contribution in [3.63, 3.8) is 0 Å². The van der Waals surface area contributed by atoms with E-state index >= 15 is 0 Å². The van der Waals surface area contributed by atoms with Gasteiger partial charge in [0.25, 0.3) is 5.91 Å². The lowest BCUT2D eigenvalue weighted by molar-refractivity contribution is 0.0997. The number of carbonyl (C=O) groups excluding carboxylic acids is 1. The summed E-state index contributed by atoms with van der Waals surface area (Å²) in [5, 5.41) is 0. The van der Waals surface area contributed by atoms with Crippen LogP contribution >= 0.6 is 0 Å². The number of carbonyl (C=O) groups is 1. The minimum Gasteiger partial charge on any atom is -0.456 e. The van der Waals surface area contributed by atoms with E-state index in [4.69, 9.17) is 10.5 Å². The molecule has 5 nitrogen and oxygen atoms in total. The number of aromatic nitrogens is 1. The Morgan fingerprint density at radius 1 is 1.00 bits per heavy atom. The van der Waals surface area contributed by atoms with Gasteiger partial charge in [-0.3, -0.25) is 14.7 Å². The standard InChI is InChI=1S/C26H31N3O2/c1-20(2)13-16-29(19-22-6-4-3-5-7-22)17-14-21-8-10-23(11-9-21)31-25-12-15-28-18-24(25)26(27)30/h3-12,15,18,20H,13-14,16-17,19H2,1-2H3,(H2,27,30). The van der Waals surface area contributed by atoms with E-state index < -0.39 is 5.91 Å². The molecule has 0 aliphatic carbocycles. The normalized spacial score (nSPS) is 11.1. The van der Waals surface area contributed by atoms with Gasteiger partial charge < -0.3 is 10.5 Å². The summed E-state index contributed by atoms with van der Waals surface area (Å²) in [6.45, 7) is 7.59. The first-order valence-corrected chi connectivity index (χ1v) is 10.8. The van der Waals surface area contributed by atoms with Crippen LogP contribution in [-0.4, -0.2) is 28.9 Å². The van der Waals surface area contributed by atoms with Crippen LogP contribution in [0.15, 0.2) is 73.1 Å². The second-order valence-corrected chi connectivity index (χ2v) is 8.18. The largest absolute Gasteiger partial charge is 0.456 e. The highest BCUT2D eigenvalue weighted by Crippen LogP contribution is 2.24. The molecule has 0 fully saturated rings. The van der Waals surface area contributed by atoms with E-state index in [1.807, 2.05) is 12.1 Å². The minimum absolute atomic E-state index is 0.272. The Kier molecular flexibility index (Phi) is 8.19. The molecular formula is C26H31N3O2. The molecule has 3 rings (SSSR count). The maximum atomic E-state index is 11.5. The topological polar surface area (TPSA) is 68.4 Å². The minimum atomic E-state index is -0.556. The fourth-order valence-corrected chi connectivity index (χ4v) is 3.35. The third-order valence-electron chi connectivity index (χ3n) is 5.19. The molecule has 2 N–H and O–H groups in total. The molecule has 0 unspecified atom stereocenters. The molecule has 2 aromatic carbocycles. The molecular weight excluding hydrogens is 386 g/mol.